The van der Waals surface area contributed by atoms with Gasteiger partial charge in [0.2, 0.25) is 0 Å². The second kappa shape index (κ2) is 7.78. The molecule has 1 saturated heterocycles. The van der Waals surface area contributed by atoms with E-state index in [4.69, 9.17) is 11.6 Å². The van der Waals surface area contributed by atoms with Gasteiger partial charge < -0.3 is 5.11 Å². The Kier molecular flexibility index (Phi) is 5.75. The molecule has 0 aromatic heterocycles. The molecule has 1 unspecified atom stereocenters. The SMILES string of the molecule is OCCC1CN(Cc2cccc(Cl)c2)CCN1C1CCCC1. The highest BCUT2D eigenvalue weighted by Gasteiger charge is 2.32. The predicted molar refractivity (Wildman–Crippen MR) is 91.2 cm³/mol. The monoisotopic (exact) mass is 322 g/mol. The molecule has 122 valence electrons. The van der Waals surface area contributed by atoms with Crippen molar-refractivity contribution in [2.24, 2.45) is 0 Å². The summed E-state index contributed by atoms with van der Waals surface area (Å²) in [6, 6.07) is 9.42. The molecule has 1 aliphatic heterocycles. The fourth-order valence-electron chi connectivity index (χ4n) is 4.09. The first-order valence-corrected chi connectivity index (χ1v) is 8.97. The molecule has 1 aromatic carbocycles. The number of aliphatic hydroxyl groups is 1. The molecule has 3 nitrogen and oxygen atoms in total. The van der Waals surface area contributed by atoms with Crippen LogP contribution < -0.4 is 0 Å². The molecule has 1 atom stereocenters. The van der Waals surface area contributed by atoms with E-state index in [1.807, 2.05) is 12.1 Å². The Hall–Kier alpha value is -0.610. The molecular weight excluding hydrogens is 296 g/mol. The molecule has 2 fully saturated rings. The first-order valence-electron chi connectivity index (χ1n) is 8.59. The zero-order valence-corrected chi connectivity index (χ0v) is 14.0. The van der Waals surface area contributed by atoms with Crippen LogP contribution in [0.25, 0.3) is 0 Å². The fourth-order valence-corrected chi connectivity index (χ4v) is 4.31. The molecule has 1 heterocycles. The van der Waals surface area contributed by atoms with Crippen molar-refractivity contribution in [3.8, 4) is 0 Å². The van der Waals surface area contributed by atoms with Crippen LogP contribution in [0.3, 0.4) is 0 Å². The van der Waals surface area contributed by atoms with Crippen LogP contribution in [0.1, 0.15) is 37.7 Å². The van der Waals surface area contributed by atoms with Gasteiger partial charge in [0.15, 0.2) is 0 Å². The molecule has 0 radical (unpaired) electrons. The Morgan fingerprint density at radius 1 is 1.18 bits per heavy atom. The van der Waals surface area contributed by atoms with Gasteiger partial charge in [-0.05, 0) is 37.0 Å². The predicted octanol–water partition coefficient (Wildman–Crippen LogP) is 3.15. The van der Waals surface area contributed by atoms with Gasteiger partial charge >= 0.3 is 0 Å². The van der Waals surface area contributed by atoms with Crippen LogP contribution in [-0.2, 0) is 6.54 Å². The summed E-state index contributed by atoms with van der Waals surface area (Å²) in [6.45, 7) is 4.56. The lowest BCUT2D eigenvalue weighted by molar-refractivity contribution is 0.0267. The van der Waals surface area contributed by atoms with Crippen molar-refractivity contribution >= 4 is 11.6 Å². The van der Waals surface area contributed by atoms with Gasteiger partial charge in [-0.3, -0.25) is 9.80 Å². The zero-order chi connectivity index (χ0) is 15.4. The molecule has 4 heteroatoms. The fraction of sp³-hybridized carbons (Fsp3) is 0.667. The summed E-state index contributed by atoms with van der Waals surface area (Å²) in [6.07, 6.45) is 6.33. The van der Waals surface area contributed by atoms with Crippen LogP contribution >= 0.6 is 11.6 Å². The van der Waals surface area contributed by atoms with Crippen LogP contribution in [-0.4, -0.2) is 53.2 Å². The summed E-state index contributed by atoms with van der Waals surface area (Å²) in [5, 5.41) is 10.2. The maximum Gasteiger partial charge on any atom is 0.0446 e. The van der Waals surface area contributed by atoms with E-state index in [0.717, 1.165) is 43.7 Å². The first kappa shape index (κ1) is 16.3. The maximum atomic E-state index is 9.43. The lowest BCUT2D eigenvalue weighted by Gasteiger charge is -2.44. The topological polar surface area (TPSA) is 26.7 Å². The molecule has 1 aliphatic carbocycles. The molecule has 1 aromatic rings. The van der Waals surface area contributed by atoms with Crippen molar-refractivity contribution in [1.29, 1.82) is 0 Å². The van der Waals surface area contributed by atoms with Crippen LogP contribution in [0.15, 0.2) is 24.3 Å². The summed E-state index contributed by atoms with van der Waals surface area (Å²) in [7, 11) is 0. The Morgan fingerprint density at radius 3 is 2.73 bits per heavy atom. The van der Waals surface area contributed by atoms with Crippen molar-refractivity contribution in [3.63, 3.8) is 0 Å². The van der Waals surface area contributed by atoms with Gasteiger partial charge in [0.05, 0.1) is 0 Å². The van der Waals surface area contributed by atoms with E-state index in [1.54, 1.807) is 0 Å². The number of piperazine rings is 1. The highest BCUT2D eigenvalue weighted by molar-refractivity contribution is 6.30. The average molecular weight is 323 g/mol. The maximum absolute atomic E-state index is 9.43. The molecule has 3 rings (SSSR count). The highest BCUT2D eigenvalue weighted by Crippen LogP contribution is 2.28. The van der Waals surface area contributed by atoms with Crippen molar-refractivity contribution in [2.45, 2.75) is 50.7 Å². The normalized spacial score (nSPS) is 24.9. The lowest BCUT2D eigenvalue weighted by Crippen LogP contribution is -2.55. The number of benzene rings is 1. The van der Waals surface area contributed by atoms with Crippen LogP contribution in [0.5, 0.6) is 0 Å². The first-order chi connectivity index (χ1) is 10.8. The minimum absolute atomic E-state index is 0.291. The number of hydrogen-bond donors (Lipinski definition) is 1. The van der Waals surface area contributed by atoms with E-state index in [2.05, 4.69) is 21.9 Å². The average Bonchev–Trinajstić information content (AvgIpc) is 3.02. The van der Waals surface area contributed by atoms with E-state index in [-0.39, 0.29) is 0 Å². The number of aliphatic hydroxyl groups excluding tert-OH is 1. The summed E-state index contributed by atoms with van der Waals surface area (Å²) in [5.41, 5.74) is 1.28. The quantitative estimate of drug-likeness (QED) is 0.902. The molecule has 1 saturated carbocycles. The number of halogens is 1. The smallest absolute Gasteiger partial charge is 0.0446 e. The van der Waals surface area contributed by atoms with Gasteiger partial charge in [-0.15, -0.1) is 0 Å². The Bertz CT molecular complexity index is 476. The highest BCUT2D eigenvalue weighted by atomic mass is 35.5. The molecule has 22 heavy (non-hydrogen) atoms. The largest absolute Gasteiger partial charge is 0.396 e. The second-order valence-electron chi connectivity index (χ2n) is 6.71. The molecule has 2 aliphatic rings. The van der Waals surface area contributed by atoms with Gasteiger partial charge in [0, 0.05) is 49.9 Å². The third kappa shape index (κ3) is 4.02. The third-order valence-corrected chi connectivity index (χ3v) is 5.40. The standard InChI is InChI=1S/C18H27ClN2O/c19-16-5-3-4-15(12-16)13-20-9-10-21(17-6-1-2-7-17)18(14-20)8-11-22/h3-5,12,17-18,22H,1-2,6-11,13-14H2. The third-order valence-electron chi connectivity index (χ3n) is 5.16. The van der Waals surface area contributed by atoms with Crippen LogP contribution in [0.4, 0.5) is 0 Å². The van der Waals surface area contributed by atoms with Crippen molar-refractivity contribution < 1.29 is 5.11 Å². The van der Waals surface area contributed by atoms with E-state index in [9.17, 15) is 5.11 Å². The van der Waals surface area contributed by atoms with E-state index in [1.165, 1.54) is 31.2 Å². The summed E-state index contributed by atoms with van der Waals surface area (Å²) in [4.78, 5) is 5.19. The number of nitrogens with zero attached hydrogens (tertiary/aromatic N) is 2. The number of hydrogen-bond acceptors (Lipinski definition) is 3. The van der Waals surface area contributed by atoms with E-state index >= 15 is 0 Å². The summed E-state index contributed by atoms with van der Waals surface area (Å²) in [5.74, 6) is 0. The number of rotatable bonds is 5. The van der Waals surface area contributed by atoms with Gasteiger partial charge in [-0.2, -0.15) is 0 Å². The van der Waals surface area contributed by atoms with E-state index < -0.39 is 0 Å². The molecule has 1 N–H and O–H groups in total. The Balaban J connectivity index is 1.61. The van der Waals surface area contributed by atoms with E-state index in [0.29, 0.717) is 12.6 Å². The summed E-state index contributed by atoms with van der Waals surface area (Å²) < 4.78 is 0. The van der Waals surface area contributed by atoms with Crippen molar-refractivity contribution in [1.82, 2.24) is 9.80 Å². The molecular formula is C18H27ClN2O. The van der Waals surface area contributed by atoms with Gasteiger partial charge in [-0.25, -0.2) is 0 Å². The minimum Gasteiger partial charge on any atom is -0.396 e. The van der Waals surface area contributed by atoms with Crippen LogP contribution in [0, 0.1) is 0 Å². The molecule has 0 amide bonds. The summed E-state index contributed by atoms with van der Waals surface area (Å²) >= 11 is 6.09. The van der Waals surface area contributed by atoms with Crippen molar-refractivity contribution in [2.75, 3.05) is 26.2 Å². The zero-order valence-electron chi connectivity index (χ0n) is 13.3. The Labute approximate surface area is 138 Å². The van der Waals surface area contributed by atoms with Gasteiger partial charge in [0.1, 0.15) is 0 Å². The molecule has 0 spiro atoms. The lowest BCUT2D eigenvalue weighted by atomic mass is 10.0. The van der Waals surface area contributed by atoms with Crippen LogP contribution in [0.2, 0.25) is 5.02 Å². The second-order valence-corrected chi connectivity index (χ2v) is 7.14. The van der Waals surface area contributed by atoms with Gasteiger partial charge in [-0.1, -0.05) is 36.6 Å². The van der Waals surface area contributed by atoms with Crippen molar-refractivity contribution in [3.05, 3.63) is 34.9 Å². The minimum atomic E-state index is 0.291. The molecule has 0 bridgehead atoms. The Morgan fingerprint density at radius 2 is 2.00 bits per heavy atom. The van der Waals surface area contributed by atoms with Gasteiger partial charge in [0.25, 0.3) is 0 Å².